The molecule has 0 fully saturated rings. The van der Waals surface area contributed by atoms with Crippen molar-refractivity contribution in [2.75, 3.05) is 7.11 Å². The van der Waals surface area contributed by atoms with Crippen LogP contribution in [-0.4, -0.2) is 13.0 Å². The molecule has 2 N–H and O–H groups in total. The quantitative estimate of drug-likeness (QED) is 0.787. The lowest BCUT2D eigenvalue weighted by Crippen LogP contribution is -2.21. The van der Waals surface area contributed by atoms with E-state index >= 15 is 0 Å². The van der Waals surface area contributed by atoms with Crippen LogP contribution in [0.4, 0.5) is 5.69 Å². The molecule has 3 aromatic rings. The zero-order chi connectivity index (χ0) is 17.3. The number of benzene rings is 2. The van der Waals surface area contributed by atoms with E-state index < -0.39 is 5.91 Å². The van der Waals surface area contributed by atoms with Crippen molar-refractivity contribution in [2.24, 2.45) is 10.7 Å². The maximum Gasteiger partial charge on any atom is 0.254 e. The Morgan fingerprint density at radius 2 is 2.04 bits per heavy atom. The van der Waals surface area contributed by atoms with Crippen molar-refractivity contribution in [3.63, 3.8) is 0 Å². The van der Waals surface area contributed by atoms with Gasteiger partial charge in [0.2, 0.25) is 5.55 Å². The molecule has 3 rings (SSSR count). The van der Waals surface area contributed by atoms with Crippen LogP contribution in [-0.2, 0) is 0 Å². The van der Waals surface area contributed by atoms with E-state index in [0.29, 0.717) is 27.4 Å². The molecule has 0 saturated heterocycles. The van der Waals surface area contributed by atoms with Crippen LogP contribution < -0.4 is 16.0 Å². The van der Waals surface area contributed by atoms with E-state index in [9.17, 15) is 4.79 Å². The topological polar surface area (TPSA) is 77.8 Å². The number of methoxy groups -OCH3 is 1. The summed E-state index contributed by atoms with van der Waals surface area (Å²) >= 11 is 5.96. The average molecular weight is 343 g/mol. The van der Waals surface area contributed by atoms with Crippen LogP contribution in [0.15, 0.2) is 51.9 Å². The monoisotopic (exact) mass is 342 g/mol. The highest BCUT2D eigenvalue weighted by Crippen LogP contribution is 2.26. The first-order valence-electron chi connectivity index (χ1n) is 7.21. The van der Waals surface area contributed by atoms with E-state index in [1.54, 1.807) is 37.4 Å². The second-order valence-corrected chi connectivity index (χ2v) is 5.69. The standard InChI is InChI=1S/C18H15ClN2O3/c1-10-8-12(19)6-7-14(10)21-18-13(17(20)22)9-11-4-3-5-15(23-2)16(11)24-18/h3-9H,1-2H3,(H2,20,22). The minimum atomic E-state index is -0.617. The Morgan fingerprint density at radius 1 is 1.25 bits per heavy atom. The first kappa shape index (κ1) is 16.1. The van der Waals surface area contributed by atoms with Gasteiger partial charge in [-0.1, -0.05) is 23.7 Å². The van der Waals surface area contributed by atoms with Gasteiger partial charge in [0.25, 0.3) is 5.91 Å². The normalized spacial score (nSPS) is 11.7. The number of primary amides is 1. The summed E-state index contributed by atoms with van der Waals surface area (Å²) in [5.74, 6) is -0.0679. The van der Waals surface area contributed by atoms with Gasteiger partial charge < -0.3 is 14.9 Å². The Morgan fingerprint density at radius 3 is 2.71 bits per heavy atom. The molecule has 1 aromatic heterocycles. The van der Waals surface area contributed by atoms with Crippen molar-refractivity contribution < 1.29 is 13.9 Å². The molecule has 1 heterocycles. The van der Waals surface area contributed by atoms with E-state index in [-0.39, 0.29) is 11.1 Å². The largest absolute Gasteiger partial charge is 0.493 e. The van der Waals surface area contributed by atoms with Crippen LogP contribution in [0.5, 0.6) is 5.75 Å². The van der Waals surface area contributed by atoms with Crippen LogP contribution in [0.1, 0.15) is 15.9 Å². The van der Waals surface area contributed by atoms with Crippen molar-refractivity contribution in [3.05, 3.63) is 64.2 Å². The fourth-order valence-corrected chi connectivity index (χ4v) is 2.63. The summed E-state index contributed by atoms with van der Waals surface area (Å²) in [6.07, 6.45) is 0. The average Bonchev–Trinajstić information content (AvgIpc) is 2.56. The van der Waals surface area contributed by atoms with Gasteiger partial charge in [0.1, 0.15) is 5.56 Å². The number of halogens is 1. The molecule has 0 spiro atoms. The number of ether oxygens (including phenoxy) is 1. The molecule has 0 aliphatic carbocycles. The molecule has 2 aromatic carbocycles. The molecule has 0 unspecified atom stereocenters. The van der Waals surface area contributed by atoms with E-state index in [2.05, 4.69) is 4.99 Å². The summed E-state index contributed by atoms with van der Waals surface area (Å²) in [6.45, 7) is 1.87. The molecule has 0 aliphatic rings. The zero-order valence-corrected chi connectivity index (χ0v) is 13.9. The van der Waals surface area contributed by atoms with Gasteiger partial charge >= 0.3 is 0 Å². The van der Waals surface area contributed by atoms with Gasteiger partial charge in [0, 0.05) is 10.4 Å². The SMILES string of the molecule is COc1cccc2cc(C(N)=O)c(=Nc3ccc(Cl)cc3C)oc12. The summed E-state index contributed by atoms with van der Waals surface area (Å²) < 4.78 is 11.1. The van der Waals surface area contributed by atoms with Gasteiger partial charge in [-0.2, -0.15) is 0 Å². The number of amides is 1. The number of hydrogen-bond donors (Lipinski definition) is 1. The molecule has 5 nitrogen and oxygen atoms in total. The van der Waals surface area contributed by atoms with Crippen LogP contribution in [0, 0.1) is 6.92 Å². The molecule has 1 amide bonds. The lowest BCUT2D eigenvalue weighted by Gasteiger charge is -2.06. The number of carbonyl (C=O) groups excluding carboxylic acids is 1. The minimum absolute atomic E-state index is 0.130. The third kappa shape index (κ3) is 2.98. The van der Waals surface area contributed by atoms with E-state index in [1.165, 1.54) is 0 Å². The molecule has 122 valence electrons. The van der Waals surface area contributed by atoms with Crippen molar-refractivity contribution >= 4 is 34.2 Å². The number of nitrogens with zero attached hydrogens (tertiary/aromatic N) is 1. The highest BCUT2D eigenvalue weighted by atomic mass is 35.5. The second-order valence-electron chi connectivity index (χ2n) is 5.25. The number of nitrogens with two attached hydrogens (primary N) is 1. The van der Waals surface area contributed by atoms with Gasteiger partial charge in [-0.3, -0.25) is 4.79 Å². The van der Waals surface area contributed by atoms with Crippen LogP contribution >= 0.6 is 11.6 Å². The van der Waals surface area contributed by atoms with Gasteiger partial charge in [-0.15, -0.1) is 0 Å². The van der Waals surface area contributed by atoms with Crippen molar-refractivity contribution in [1.82, 2.24) is 0 Å². The van der Waals surface area contributed by atoms with Crippen molar-refractivity contribution in [1.29, 1.82) is 0 Å². The number of rotatable bonds is 3. The first-order chi connectivity index (χ1) is 11.5. The summed E-state index contributed by atoms with van der Waals surface area (Å²) in [5.41, 5.74) is 7.80. The maximum absolute atomic E-state index is 11.8. The lowest BCUT2D eigenvalue weighted by atomic mass is 10.1. The fourth-order valence-electron chi connectivity index (χ4n) is 2.40. The van der Waals surface area contributed by atoms with Crippen LogP contribution in [0.25, 0.3) is 11.0 Å². The smallest absolute Gasteiger partial charge is 0.254 e. The molecule has 6 heteroatoms. The summed E-state index contributed by atoms with van der Waals surface area (Å²) in [4.78, 5) is 16.2. The minimum Gasteiger partial charge on any atom is -0.493 e. The Labute approximate surface area is 143 Å². The Balaban J connectivity index is 2.34. The third-order valence-corrected chi connectivity index (χ3v) is 3.84. The van der Waals surface area contributed by atoms with Gasteiger partial charge in [-0.05, 0) is 42.8 Å². The van der Waals surface area contributed by atoms with Gasteiger partial charge in [0.15, 0.2) is 11.3 Å². The van der Waals surface area contributed by atoms with E-state index in [0.717, 1.165) is 5.56 Å². The first-order valence-corrected chi connectivity index (χ1v) is 7.59. The summed E-state index contributed by atoms with van der Waals surface area (Å²) in [5, 5.41) is 1.31. The molecule has 24 heavy (non-hydrogen) atoms. The molecule has 0 radical (unpaired) electrons. The van der Waals surface area contributed by atoms with E-state index in [1.807, 2.05) is 19.1 Å². The molecular weight excluding hydrogens is 328 g/mol. The highest BCUT2D eigenvalue weighted by molar-refractivity contribution is 6.30. The number of hydrogen-bond acceptors (Lipinski definition) is 4. The highest BCUT2D eigenvalue weighted by Gasteiger charge is 2.12. The Kier molecular flexibility index (Phi) is 4.27. The van der Waals surface area contributed by atoms with Crippen LogP contribution in [0.2, 0.25) is 5.02 Å². The Bertz CT molecular complexity index is 1010. The fraction of sp³-hybridized carbons (Fsp3) is 0.111. The number of para-hydroxylation sites is 1. The molecular formula is C18H15ClN2O3. The third-order valence-electron chi connectivity index (χ3n) is 3.60. The molecule has 0 atom stereocenters. The van der Waals surface area contributed by atoms with Crippen molar-refractivity contribution in [3.8, 4) is 5.75 Å². The number of carbonyl (C=O) groups is 1. The van der Waals surface area contributed by atoms with Crippen molar-refractivity contribution in [2.45, 2.75) is 6.92 Å². The van der Waals surface area contributed by atoms with Crippen LogP contribution in [0.3, 0.4) is 0 Å². The number of aryl methyl sites for hydroxylation is 1. The molecule has 0 aliphatic heterocycles. The Hall–Kier alpha value is -2.79. The zero-order valence-electron chi connectivity index (χ0n) is 13.2. The molecule has 0 bridgehead atoms. The second kappa shape index (κ2) is 6.37. The molecule has 0 saturated carbocycles. The summed E-state index contributed by atoms with van der Waals surface area (Å²) in [7, 11) is 1.55. The van der Waals surface area contributed by atoms with Gasteiger partial charge in [0.05, 0.1) is 12.8 Å². The van der Waals surface area contributed by atoms with Gasteiger partial charge in [-0.25, -0.2) is 4.99 Å². The van der Waals surface area contributed by atoms with E-state index in [4.69, 9.17) is 26.5 Å². The summed E-state index contributed by atoms with van der Waals surface area (Å²) in [6, 6.07) is 12.3. The number of fused-ring (bicyclic) bond motifs is 1. The lowest BCUT2D eigenvalue weighted by molar-refractivity contribution is 0.0996. The predicted octanol–water partition coefficient (Wildman–Crippen LogP) is 3.73. The predicted molar refractivity (Wildman–Crippen MR) is 92.7 cm³/mol. The maximum atomic E-state index is 11.8.